The molecule has 1 fully saturated rings. The van der Waals surface area contributed by atoms with Crippen molar-refractivity contribution in [3.05, 3.63) is 24.3 Å². The molecule has 19 heavy (non-hydrogen) atoms. The van der Waals surface area contributed by atoms with E-state index < -0.39 is 0 Å². The van der Waals surface area contributed by atoms with Gasteiger partial charge >= 0.3 is 0 Å². The van der Waals surface area contributed by atoms with E-state index in [0.29, 0.717) is 21.9 Å². The molecule has 0 spiro atoms. The fraction of sp³-hybridized carbons (Fsp3) is 0.500. The molecule has 1 aromatic rings. The molecule has 1 heterocycles. The first-order valence-corrected chi connectivity index (χ1v) is 7.40. The Bertz CT molecular complexity index is 443. The number of nitrogen functional groups attached to an aromatic ring is 1. The predicted octanol–water partition coefficient (Wildman–Crippen LogP) is 2.00. The van der Waals surface area contributed by atoms with Gasteiger partial charge in [0.05, 0.1) is 0 Å². The van der Waals surface area contributed by atoms with Gasteiger partial charge in [-0.1, -0.05) is 19.9 Å². The van der Waals surface area contributed by atoms with Crippen molar-refractivity contribution in [1.29, 1.82) is 0 Å². The lowest BCUT2D eigenvalue weighted by molar-refractivity contribution is -0.133. The van der Waals surface area contributed by atoms with Crippen LogP contribution >= 0.6 is 11.8 Å². The van der Waals surface area contributed by atoms with Gasteiger partial charge in [-0.2, -0.15) is 11.8 Å². The summed E-state index contributed by atoms with van der Waals surface area (Å²) in [6, 6.07) is 7.14. The number of rotatable bonds is 3. The van der Waals surface area contributed by atoms with Gasteiger partial charge in [-0.3, -0.25) is 4.79 Å². The summed E-state index contributed by atoms with van der Waals surface area (Å²) >= 11 is 1.93. The van der Waals surface area contributed by atoms with Crippen molar-refractivity contribution in [1.82, 2.24) is 4.90 Å². The zero-order chi connectivity index (χ0) is 13.8. The van der Waals surface area contributed by atoms with Crippen molar-refractivity contribution in [2.75, 3.05) is 25.4 Å². The molecule has 104 valence electrons. The van der Waals surface area contributed by atoms with E-state index in [1.54, 1.807) is 18.2 Å². The fourth-order valence-corrected chi connectivity index (χ4v) is 3.55. The molecule has 4 nitrogen and oxygen atoms in total. The number of carbonyl (C=O) groups is 1. The maximum absolute atomic E-state index is 12.1. The van der Waals surface area contributed by atoms with Crippen molar-refractivity contribution in [2.24, 2.45) is 0 Å². The summed E-state index contributed by atoms with van der Waals surface area (Å²) in [5.74, 6) is 0.683. The lowest BCUT2D eigenvalue weighted by atomic mass is 10.3. The number of thioether (sulfide) groups is 1. The molecule has 0 aliphatic carbocycles. The van der Waals surface area contributed by atoms with E-state index in [9.17, 15) is 4.79 Å². The third-order valence-corrected chi connectivity index (χ3v) is 4.22. The van der Waals surface area contributed by atoms with Gasteiger partial charge in [0.25, 0.3) is 5.91 Å². The normalized spacial score (nSPS) is 23.2. The van der Waals surface area contributed by atoms with E-state index in [0.717, 1.165) is 13.1 Å². The van der Waals surface area contributed by atoms with Crippen LogP contribution in [-0.2, 0) is 4.79 Å². The third kappa shape index (κ3) is 4.06. The minimum Gasteiger partial charge on any atom is -0.484 e. The first-order chi connectivity index (χ1) is 9.04. The highest BCUT2D eigenvalue weighted by Crippen LogP contribution is 2.24. The molecule has 1 aromatic carbocycles. The number of hydrogen-bond donors (Lipinski definition) is 1. The van der Waals surface area contributed by atoms with E-state index in [-0.39, 0.29) is 12.5 Å². The molecule has 5 heteroatoms. The van der Waals surface area contributed by atoms with Crippen LogP contribution in [-0.4, -0.2) is 41.0 Å². The number of nitrogens with zero attached hydrogens (tertiary/aromatic N) is 1. The predicted molar refractivity (Wildman–Crippen MR) is 79.4 cm³/mol. The second kappa shape index (κ2) is 6.19. The lowest BCUT2D eigenvalue weighted by Crippen LogP contribution is -2.45. The maximum Gasteiger partial charge on any atom is 0.260 e. The summed E-state index contributed by atoms with van der Waals surface area (Å²) in [6.45, 7) is 5.98. The number of nitrogens with two attached hydrogens (primary N) is 1. The second-order valence-electron chi connectivity index (χ2n) is 4.92. The van der Waals surface area contributed by atoms with Gasteiger partial charge in [-0.15, -0.1) is 0 Å². The average molecular weight is 280 g/mol. The van der Waals surface area contributed by atoms with Crippen LogP contribution in [0.15, 0.2) is 24.3 Å². The molecule has 1 saturated heterocycles. The van der Waals surface area contributed by atoms with Crippen molar-refractivity contribution in [2.45, 2.75) is 24.3 Å². The average Bonchev–Trinajstić information content (AvgIpc) is 2.35. The molecule has 2 unspecified atom stereocenters. The number of amides is 1. The second-order valence-corrected chi connectivity index (χ2v) is 6.80. The maximum atomic E-state index is 12.1. The van der Waals surface area contributed by atoms with Crippen LogP contribution in [0.2, 0.25) is 0 Å². The standard InChI is InChI=1S/C14H20N2O2S/c1-10-7-16(8-11(2)19-10)14(17)9-18-13-5-3-4-12(15)6-13/h3-6,10-11H,7-9,15H2,1-2H3. The highest BCUT2D eigenvalue weighted by molar-refractivity contribution is 8.00. The van der Waals surface area contributed by atoms with Crippen molar-refractivity contribution < 1.29 is 9.53 Å². The molecule has 0 radical (unpaired) electrons. The quantitative estimate of drug-likeness (QED) is 0.860. The van der Waals surface area contributed by atoms with Crippen LogP contribution in [0.3, 0.4) is 0 Å². The minimum absolute atomic E-state index is 0.0430. The highest BCUT2D eigenvalue weighted by atomic mass is 32.2. The van der Waals surface area contributed by atoms with Crippen LogP contribution in [0.5, 0.6) is 5.75 Å². The summed E-state index contributed by atoms with van der Waals surface area (Å²) in [4.78, 5) is 14.0. The SMILES string of the molecule is CC1CN(C(=O)COc2cccc(N)c2)CC(C)S1. The lowest BCUT2D eigenvalue weighted by Gasteiger charge is -2.34. The summed E-state index contributed by atoms with van der Waals surface area (Å²) in [5.41, 5.74) is 6.31. The number of anilines is 1. The Kier molecular flexibility index (Phi) is 4.58. The number of benzene rings is 1. The molecule has 2 rings (SSSR count). The van der Waals surface area contributed by atoms with Crippen molar-refractivity contribution in [3.8, 4) is 5.75 Å². The molecular formula is C14H20N2O2S. The van der Waals surface area contributed by atoms with E-state index in [1.807, 2.05) is 22.7 Å². The monoisotopic (exact) mass is 280 g/mol. The van der Waals surface area contributed by atoms with Gasteiger partial charge < -0.3 is 15.4 Å². The Balaban J connectivity index is 1.87. The summed E-state index contributed by atoms with van der Waals surface area (Å²) < 4.78 is 5.49. The Labute approximate surface area is 118 Å². The van der Waals surface area contributed by atoms with E-state index >= 15 is 0 Å². The van der Waals surface area contributed by atoms with Crippen LogP contribution in [0, 0.1) is 0 Å². The largest absolute Gasteiger partial charge is 0.484 e. The van der Waals surface area contributed by atoms with E-state index in [1.165, 1.54) is 0 Å². The molecular weight excluding hydrogens is 260 g/mol. The van der Waals surface area contributed by atoms with Crippen LogP contribution in [0.4, 0.5) is 5.69 Å². The molecule has 0 saturated carbocycles. The highest BCUT2D eigenvalue weighted by Gasteiger charge is 2.25. The number of ether oxygens (including phenoxy) is 1. The minimum atomic E-state index is 0.0430. The first kappa shape index (κ1) is 14.1. The van der Waals surface area contributed by atoms with Crippen LogP contribution < -0.4 is 10.5 Å². The van der Waals surface area contributed by atoms with Crippen molar-refractivity contribution >= 4 is 23.4 Å². The summed E-state index contributed by atoms with van der Waals surface area (Å²) in [5, 5.41) is 0.972. The molecule has 1 aliphatic heterocycles. The summed E-state index contributed by atoms with van der Waals surface area (Å²) in [7, 11) is 0. The van der Waals surface area contributed by atoms with Gasteiger partial charge in [0.2, 0.25) is 0 Å². The molecule has 0 bridgehead atoms. The first-order valence-electron chi connectivity index (χ1n) is 6.46. The van der Waals surface area contributed by atoms with E-state index in [2.05, 4.69) is 13.8 Å². The zero-order valence-electron chi connectivity index (χ0n) is 11.3. The number of hydrogen-bond acceptors (Lipinski definition) is 4. The third-order valence-electron chi connectivity index (χ3n) is 2.99. The topological polar surface area (TPSA) is 55.6 Å². The molecule has 1 amide bonds. The van der Waals surface area contributed by atoms with Gasteiger partial charge in [0.1, 0.15) is 5.75 Å². The smallest absolute Gasteiger partial charge is 0.260 e. The molecule has 2 N–H and O–H groups in total. The van der Waals surface area contributed by atoms with Gasteiger partial charge in [-0.05, 0) is 12.1 Å². The Morgan fingerprint density at radius 3 is 2.74 bits per heavy atom. The fourth-order valence-electron chi connectivity index (χ4n) is 2.22. The number of carbonyl (C=O) groups excluding carboxylic acids is 1. The molecule has 0 aromatic heterocycles. The zero-order valence-corrected chi connectivity index (χ0v) is 12.2. The van der Waals surface area contributed by atoms with Crippen LogP contribution in [0.25, 0.3) is 0 Å². The summed E-state index contributed by atoms with van der Waals surface area (Å²) in [6.07, 6.45) is 0. The Hall–Kier alpha value is -1.36. The van der Waals surface area contributed by atoms with Crippen LogP contribution in [0.1, 0.15) is 13.8 Å². The van der Waals surface area contributed by atoms with Gasteiger partial charge in [-0.25, -0.2) is 0 Å². The molecule has 2 atom stereocenters. The van der Waals surface area contributed by atoms with Gasteiger partial charge in [0, 0.05) is 35.3 Å². The Morgan fingerprint density at radius 2 is 2.11 bits per heavy atom. The van der Waals surface area contributed by atoms with Gasteiger partial charge in [0.15, 0.2) is 6.61 Å². The van der Waals surface area contributed by atoms with E-state index in [4.69, 9.17) is 10.5 Å². The van der Waals surface area contributed by atoms with Crippen molar-refractivity contribution in [3.63, 3.8) is 0 Å². The molecule has 1 aliphatic rings. The Morgan fingerprint density at radius 1 is 1.42 bits per heavy atom.